The number of nitrogens with zero attached hydrogens (tertiary/aromatic N) is 1. The number of pyridine rings is 1. The van der Waals surface area contributed by atoms with Gasteiger partial charge >= 0.3 is 0 Å². The lowest BCUT2D eigenvalue weighted by Gasteiger charge is -2.17. The molecule has 0 saturated carbocycles. The first-order valence-electron chi connectivity index (χ1n) is 4.75. The van der Waals surface area contributed by atoms with Crippen LogP contribution in [0.4, 0.5) is 0 Å². The molecule has 1 heterocycles. The van der Waals surface area contributed by atoms with E-state index < -0.39 is 21.1 Å². The summed E-state index contributed by atoms with van der Waals surface area (Å²) in [6.45, 7) is 1.63. The van der Waals surface area contributed by atoms with Gasteiger partial charge < -0.3 is 5.73 Å². The lowest BCUT2D eigenvalue weighted by atomic mass is 10.1. The molecule has 84 valence electrons. The lowest BCUT2D eigenvalue weighted by molar-refractivity contribution is 0.560. The second kappa shape index (κ2) is 4.72. The third kappa shape index (κ3) is 3.60. The third-order valence-corrected chi connectivity index (χ3v) is 4.15. The van der Waals surface area contributed by atoms with Crippen LogP contribution in [0.15, 0.2) is 24.4 Å². The highest BCUT2D eigenvalue weighted by molar-refractivity contribution is 7.91. The Morgan fingerprint density at radius 1 is 1.47 bits per heavy atom. The molecule has 0 fully saturated rings. The molecular weight excluding hydrogens is 212 g/mol. The van der Waals surface area contributed by atoms with E-state index in [9.17, 15) is 8.42 Å². The summed E-state index contributed by atoms with van der Waals surface area (Å²) < 4.78 is 22.5. The van der Waals surface area contributed by atoms with Gasteiger partial charge in [0.1, 0.15) is 0 Å². The Kier molecular flexibility index (Phi) is 3.82. The molecule has 0 spiro atoms. The summed E-state index contributed by atoms with van der Waals surface area (Å²) in [6, 6.07) is 5.11. The highest BCUT2D eigenvalue weighted by Gasteiger charge is 2.22. The highest BCUT2D eigenvalue weighted by atomic mass is 32.2. The monoisotopic (exact) mass is 228 g/mol. The van der Waals surface area contributed by atoms with E-state index in [0.29, 0.717) is 6.42 Å². The van der Waals surface area contributed by atoms with Crippen LogP contribution in [0.25, 0.3) is 0 Å². The van der Waals surface area contributed by atoms with Crippen LogP contribution in [0.1, 0.15) is 12.6 Å². The first-order chi connectivity index (χ1) is 6.91. The summed E-state index contributed by atoms with van der Waals surface area (Å²) in [6.07, 6.45) is 3.36. The van der Waals surface area contributed by atoms with Gasteiger partial charge in [0.15, 0.2) is 9.84 Å². The zero-order valence-electron chi connectivity index (χ0n) is 8.92. The largest absolute Gasteiger partial charge is 0.326 e. The van der Waals surface area contributed by atoms with E-state index in [1.165, 1.54) is 6.26 Å². The van der Waals surface area contributed by atoms with Crippen LogP contribution in [-0.2, 0) is 16.3 Å². The van der Waals surface area contributed by atoms with Crippen LogP contribution in [0, 0.1) is 0 Å². The molecule has 2 N–H and O–H groups in total. The molecule has 0 amide bonds. The average molecular weight is 228 g/mol. The topological polar surface area (TPSA) is 73.0 Å². The predicted molar refractivity (Wildman–Crippen MR) is 60.2 cm³/mol. The van der Waals surface area contributed by atoms with Crippen LogP contribution in [0.5, 0.6) is 0 Å². The zero-order valence-corrected chi connectivity index (χ0v) is 9.74. The van der Waals surface area contributed by atoms with Crippen molar-refractivity contribution in [1.82, 2.24) is 4.98 Å². The van der Waals surface area contributed by atoms with Crippen LogP contribution < -0.4 is 5.73 Å². The molecule has 0 aliphatic rings. The van der Waals surface area contributed by atoms with Gasteiger partial charge in [-0.15, -0.1) is 0 Å². The van der Waals surface area contributed by atoms with E-state index in [-0.39, 0.29) is 0 Å². The molecule has 0 saturated heterocycles. The standard InChI is InChI=1S/C10H16N2O2S/c1-8(15(2,13)14)10(11)7-9-5-3-4-6-12-9/h3-6,8,10H,7,11H2,1-2H3. The molecule has 2 atom stereocenters. The summed E-state index contributed by atoms with van der Waals surface area (Å²) >= 11 is 0. The molecule has 0 aliphatic carbocycles. The number of hydrogen-bond acceptors (Lipinski definition) is 4. The number of sulfone groups is 1. The SMILES string of the molecule is CC(C(N)Cc1ccccn1)S(C)(=O)=O. The lowest BCUT2D eigenvalue weighted by Crippen LogP contribution is -2.39. The Hall–Kier alpha value is -0.940. The average Bonchev–Trinajstić information content (AvgIpc) is 2.16. The first kappa shape index (κ1) is 12.1. The van der Waals surface area contributed by atoms with Crippen molar-refractivity contribution in [1.29, 1.82) is 0 Å². The second-order valence-electron chi connectivity index (χ2n) is 3.72. The molecule has 1 aromatic rings. The van der Waals surface area contributed by atoms with Crippen molar-refractivity contribution < 1.29 is 8.42 Å². The number of rotatable bonds is 4. The molecule has 0 bridgehead atoms. The van der Waals surface area contributed by atoms with Gasteiger partial charge in [-0.25, -0.2) is 8.42 Å². The van der Waals surface area contributed by atoms with Crippen molar-refractivity contribution >= 4 is 9.84 Å². The quantitative estimate of drug-likeness (QED) is 0.808. The molecule has 0 radical (unpaired) electrons. The molecule has 0 aromatic carbocycles. The van der Waals surface area contributed by atoms with Crippen molar-refractivity contribution in [2.75, 3.05) is 6.26 Å². The zero-order chi connectivity index (χ0) is 11.5. The summed E-state index contributed by atoms with van der Waals surface area (Å²) in [4.78, 5) is 4.11. The Bertz CT molecular complexity index is 403. The summed E-state index contributed by atoms with van der Waals surface area (Å²) in [7, 11) is -3.07. The van der Waals surface area contributed by atoms with Crippen LogP contribution in [0.3, 0.4) is 0 Å². The molecule has 1 aromatic heterocycles. The van der Waals surface area contributed by atoms with Crippen molar-refractivity contribution in [2.45, 2.75) is 24.6 Å². The molecule has 2 unspecified atom stereocenters. The minimum atomic E-state index is -3.07. The van der Waals surface area contributed by atoms with Gasteiger partial charge in [0.25, 0.3) is 0 Å². The number of nitrogens with two attached hydrogens (primary N) is 1. The van der Waals surface area contributed by atoms with E-state index in [0.717, 1.165) is 5.69 Å². The fourth-order valence-corrected chi connectivity index (χ4v) is 1.98. The van der Waals surface area contributed by atoms with E-state index in [2.05, 4.69) is 4.98 Å². The van der Waals surface area contributed by atoms with E-state index in [1.54, 1.807) is 13.1 Å². The number of hydrogen-bond donors (Lipinski definition) is 1. The molecule has 15 heavy (non-hydrogen) atoms. The smallest absolute Gasteiger partial charge is 0.151 e. The molecular formula is C10H16N2O2S. The van der Waals surface area contributed by atoms with Gasteiger partial charge in [-0.2, -0.15) is 0 Å². The number of aromatic nitrogens is 1. The van der Waals surface area contributed by atoms with Gasteiger partial charge in [0.05, 0.1) is 5.25 Å². The first-order valence-corrected chi connectivity index (χ1v) is 6.71. The van der Waals surface area contributed by atoms with E-state index >= 15 is 0 Å². The Labute approximate surface area is 90.4 Å². The Morgan fingerprint density at radius 3 is 2.60 bits per heavy atom. The fourth-order valence-electron chi connectivity index (χ4n) is 1.24. The summed E-state index contributed by atoms with van der Waals surface area (Å²) in [5.74, 6) is 0. The molecule has 4 nitrogen and oxygen atoms in total. The maximum absolute atomic E-state index is 11.3. The summed E-state index contributed by atoms with van der Waals surface area (Å²) in [5, 5.41) is -0.542. The normalized spacial score (nSPS) is 15.9. The Balaban J connectivity index is 2.68. The second-order valence-corrected chi connectivity index (χ2v) is 6.13. The van der Waals surface area contributed by atoms with Crippen molar-refractivity contribution in [2.24, 2.45) is 5.73 Å². The Morgan fingerprint density at radius 2 is 2.13 bits per heavy atom. The maximum atomic E-state index is 11.3. The van der Waals surface area contributed by atoms with Crippen LogP contribution in [0.2, 0.25) is 0 Å². The van der Waals surface area contributed by atoms with E-state index in [4.69, 9.17) is 5.73 Å². The van der Waals surface area contributed by atoms with Crippen LogP contribution >= 0.6 is 0 Å². The molecule has 1 rings (SSSR count). The predicted octanol–water partition coefficient (Wildman–Crippen LogP) is 0.385. The summed E-state index contributed by atoms with van der Waals surface area (Å²) in [5.41, 5.74) is 6.64. The maximum Gasteiger partial charge on any atom is 0.151 e. The molecule has 5 heteroatoms. The minimum absolute atomic E-state index is 0.408. The van der Waals surface area contributed by atoms with Gasteiger partial charge in [-0.05, 0) is 19.1 Å². The van der Waals surface area contributed by atoms with Gasteiger partial charge in [0.2, 0.25) is 0 Å². The van der Waals surface area contributed by atoms with Crippen LogP contribution in [-0.4, -0.2) is 30.9 Å². The van der Waals surface area contributed by atoms with Crippen molar-refractivity contribution in [3.05, 3.63) is 30.1 Å². The third-order valence-electron chi connectivity index (χ3n) is 2.45. The highest BCUT2D eigenvalue weighted by Crippen LogP contribution is 2.07. The fraction of sp³-hybridized carbons (Fsp3) is 0.500. The van der Waals surface area contributed by atoms with Crippen molar-refractivity contribution in [3.63, 3.8) is 0 Å². The molecule has 0 aliphatic heterocycles. The van der Waals surface area contributed by atoms with Crippen molar-refractivity contribution in [3.8, 4) is 0 Å². The van der Waals surface area contributed by atoms with Gasteiger partial charge in [-0.1, -0.05) is 6.07 Å². The minimum Gasteiger partial charge on any atom is -0.326 e. The van der Waals surface area contributed by atoms with Gasteiger partial charge in [0, 0.05) is 30.6 Å². The van der Waals surface area contributed by atoms with Gasteiger partial charge in [-0.3, -0.25) is 4.98 Å². The van der Waals surface area contributed by atoms with E-state index in [1.807, 2.05) is 18.2 Å².